The number of rotatable bonds is 8. The number of ether oxygens (including phenoxy) is 1. The predicted octanol–water partition coefficient (Wildman–Crippen LogP) is 2.06. The minimum Gasteiger partial charge on any atom is -0.491 e. The van der Waals surface area contributed by atoms with Gasteiger partial charge in [0, 0.05) is 12.6 Å². The Hall–Kier alpha value is -2.82. The van der Waals surface area contributed by atoms with Gasteiger partial charge in [-0.2, -0.15) is 4.72 Å². The molecule has 1 N–H and O–H groups in total. The summed E-state index contributed by atoms with van der Waals surface area (Å²) in [6.45, 7) is 2.52. The Kier molecular flexibility index (Phi) is 6.99. The summed E-state index contributed by atoms with van der Waals surface area (Å²) in [6.07, 6.45) is 5.08. The lowest BCUT2D eigenvalue weighted by atomic mass is 10.2. The lowest BCUT2D eigenvalue weighted by Gasteiger charge is -2.18. The Labute approximate surface area is 160 Å². The van der Waals surface area contributed by atoms with Gasteiger partial charge in [0.15, 0.2) is 0 Å². The van der Waals surface area contributed by atoms with Crippen molar-refractivity contribution in [2.75, 3.05) is 26.7 Å². The number of likely N-dealkylation sites (N-methyl/N-ethyl adjacent to an activating group) is 1. The third-order valence-corrected chi connectivity index (χ3v) is 5.28. The van der Waals surface area contributed by atoms with Crippen LogP contribution in [0.3, 0.4) is 0 Å². The van der Waals surface area contributed by atoms with Crippen LogP contribution < -0.4 is 9.46 Å². The van der Waals surface area contributed by atoms with Gasteiger partial charge in [-0.15, -0.1) is 6.42 Å². The van der Waals surface area contributed by atoms with Gasteiger partial charge in [-0.1, -0.05) is 30.2 Å². The molecule has 0 radical (unpaired) electrons. The quantitative estimate of drug-likeness (QED) is 0.705. The summed E-state index contributed by atoms with van der Waals surface area (Å²) in [5.41, 5.74) is 1.29. The molecule has 2 aromatic rings. The van der Waals surface area contributed by atoms with Crippen molar-refractivity contribution in [2.45, 2.75) is 11.8 Å². The molecule has 7 heteroatoms. The van der Waals surface area contributed by atoms with Crippen LogP contribution in [0.5, 0.6) is 5.75 Å². The number of sulfonamides is 1. The lowest BCUT2D eigenvalue weighted by Crippen LogP contribution is -2.31. The Morgan fingerprint density at radius 1 is 1.22 bits per heavy atom. The van der Waals surface area contributed by atoms with Crippen LogP contribution >= 0.6 is 0 Å². The molecule has 2 rings (SSSR count). The van der Waals surface area contributed by atoms with Gasteiger partial charge >= 0.3 is 0 Å². The molecule has 142 valence electrons. The molecule has 27 heavy (non-hydrogen) atoms. The fourth-order valence-corrected chi connectivity index (χ4v) is 3.33. The van der Waals surface area contributed by atoms with Crippen molar-refractivity contribution < 1.29 is 17.9 Å². The molecule has 0 spiro atoms. The second kappa shape index (κ2) is 9.21. The Morgan fingerprint density at radius 3 is 2.67 bits per heavy atom. The van der Waals surface area contributed by atoms with Gasteiger partial charge < -0.3 is 9.64 Å². The number of hydrogen-bond donors (Lipinski definition) is 1. The maximum atomic E-state index is 12.6. The molecule has 0 heterocycles. The van der Waals surface area contributed by atoms with Crippen molar-refractivity contribution in [3.63, 3.8) is 0 Å². The third-order valence-electron chi connectivity index (χ3n) is 3.88. The van der Waals surface area contributed by atoms with E-state index in [1.807, 2.05) is 31.2 Å². The summed E-state index contributed by atoms with van der Waals surface area (Å²) in [5.74, 6) is 2.69. The van der Waals surface area contributed by atoms with E-state index >= 15 is 0 Å². The molecule has 0 saturated carbocycles. The van der Waals surface area contributed by atoms with Crippen molar-refractivity contribution >= 4 is 15.9 Å². The molecule has 2 aromatic carbocycles. The molecule has 0 aliphatic rings. The lowest BCUT2D eigenvalue weighted by molar-refractivity contribution is 0.0773. The van der Waals surface area contributed by atoms with Crippen molar-refractivity contribution in [1.82, 2.24) is 9.62 Å². The molecule has 0 unspecified atom stereocenters. The van der Waals surface area contributed by atoms with Gasteiger partial charge in [-0.05, 0) is 36.8 Å². The van der Waals surface area contributed by atoms with Crippen LogP contribution in [0.4, 0.5) is 0 Å². The van der Waals surface area contributed by atoms with E-state index in [0.717, 1.165) is 11.3 Å². The molecular weight excluding hydrogens is 364 g/mol. The Bertz CT molecular complexity index is 948. The first-order valence-corrected chi connectivity index (χ1v) is 9.80. The van der Waals surface area contributed by atoms with Crippen LogP contribution in [-0.4, -0.2) is 46.0 Å². The van der Waals surface area contributed by atoms with Crippen LogP contribution in [0.1, 0.15) is 15.9 Å². The zero-order chi connectivity index (χ0) is 19.9. The van der Waals surface area contributed by atoms with E-state index in [4.69, 9.17) is 11.2 Å². The maximum absolute atomic E-state index is 12.6. The van der Waals surface area contributed by atoms with Crippen molar-refractivity contribution in [3.8, 4) is 18.1 Å². The summed E-state index contributed by atoms with van der Waals surface area (Å²) >= 11 is 0. The number of benzene rings is 2. The zero-order valence-electron chi connectivity index (χ0n) is 15.3. The van der Waals surface area contributed by atoms with Crippen molar-refractivity contribution in [3.05, 3.63) is 59.7 Å². The topological polar surface area (TPSA) is 75.7 Å². The van der Waals surface area contributed by atoms with E-state index < -0.39 is 10.0 Å². The minimum atomic E-state index is -3.75. The number of nitrogens with one attached hydrogen (secondary N) is 1. The van der Waals surface area contributed by atoms with Gasteiger partial charge in [0.1, 0.15) is 12.4 Å². The van der Waals surface area contributed by atoms with Crippen LogP contribution in [0.25, 0.3) is 0 Å². The fourth-order valence-electron chi connectivity index (χ4n) is 2.35. The minimum absolute atomic E-state index is 0.00633. The third kappa shape index (κ3) is 5.58. The summed E-state index contributed by atoms with van der Waals surface area (Å²) in [5, 5.41) is 0. The van der Waals surface area contributed by atoms with E-state index in [1.54, 1.807) is 13.1 Å². The average Bonchev–Trinajstić information content (AvgIpc) is 2.67. The molecule has 6 nitrogen and oxygen atoms in total. The molecule has 0 aromatic heterocycles. The van der Waals surface area contributed by atoms with E-state index in [0.29, 0.717) is 13.2 Å². The van der Waals surface area contributed by atoms with Crippen LogP contribution in [-0.2, 0) is 10.0 Å². The van der Waals surface area contributed by atoms with Gasteiger partial charge in [0.25, 0.3) is 5.91 Å². The molecule has 0 aliphatic heterocycles. The number of nitrogens with zero attached hydrogens (tertiary/aromatic N) is 1. The molecule has 0 fully saturated rings. The van der Waals surface area contributed by atoms with Gasteiger partial charge in [-0.3, -0.25) is 4.79 Å². The molecule has 0 saturated heterocycles. The fraction of sp³-hybridized carbons (Fsp3) is 0.250. The monoisotopic (exact) mass is 386 g/mol. The largest absolute Gasteiger partial charge is 0.491 e. The summed E-state index contributed by atoms with van der Waals surface area (Å²) in [7, 11) is -2.11. The molecule has 0 bridgehead atoms. The average molecular weight is 386 g/mol. The number of hydrogen-bond acceptors (Lipinski definition) is 4. The highest BCUT2D eigenvalue weighted by Crippen LogP contribution is 2.16. The molecular formula is C20H22N2O4S. The van der Waals surface area contributed by atoms with Crippen LogP contribution in [0.15, 0.2) is 53.4 Å². The first kappa shape index (κ1) is 20.5. The second-order valence-electron chi connectivity index (χ2n) is 5.90. The van der Waals surface area contributed by atoms with Crippen LogP contribution in [0.2, 0.25) is 0 Å². The van der Waals surface area contributed by atoms with E-state index in [9.17, 15) is 13.2 Å². The molecule has 0 atom stereocenters. The van der Waals surface area contributed by atoms with Crippen molar-refractivity contribution in [1.29, 1.82) is 0 Å². The summed E-state index contributed by atoms with van der Waals surface area (Å²) in [6, 6.07) is 13.5. The number of aryl methyl sites for hydroxylation is 1. The van der Waals surface area contributed by atoms with Gasteiger partial charge in [0.2, 0.25) is 10.0 Å². The number of carbonyl (C=O) groups excluding carboxylic acids is 1. The first-order chi connectivity index (χ1) is 12.8. The molecule has 1 amide bonds. The summed E-state index contributed by atoms with van der Waals surface area (Å²) in [4.78, 5) is 14.0. The molecule has 0 aliphatic carbocycles. The van der Waals surface area contributed by atoms with Crippen LogP contribution in [0, 0.1) is 19.3 Å². The van der Waals surface area contributed by atoms with Gasteiger partial charge in [0.05, 0.1) is 18.0 Å². The Balaban J connectivity index is 2.01. The standard InChI is InChI=1S/C20H22N2O4S/c1-4-12-21-27(24,25)18-10-7-9-17(15-18)20(23)22(3)13-14-26-19-11-6-5-8-16(19)2/h1,5-11,15,21H,12-14H2,2-3H3. The number of para-hydroxylation sites is 1. The SMILES string of the molecule is C#CCNS(=O)(=O)c1cccc(C(=O)N(C)CCOc2ccccc2C)c1. The highest BCUT2D eigenvalue weighted by molar-refractivity contribution is 7.89. The highest BCUT2D eigenvalue weighted by atomic mass is 32.2. The number of carbonyl (C=O) groups is 1. The normalized spacial score (nSPS) is 10.9. The summed E-state index contributed by atoms with van der Waals surface area (Å²) < 4.78 is 32.3. The smallest absolute Gasteiger partial charge is 0.253 e. The highest BCUT2D eigenvalue weighted by Gasteiger charge is 2.17. The number of terminal acetylenes is 1. The predicted molar refractivity (Wildman–Crippen MR) is 104 cm³/mol. The Morgan fingerprint density at radius 2 is 1.96 bits per heavy atom. The number of amides is 1. The zero-order valence-corrected chi connectivity index (χ0v) is 16.1. The van der Waals surface area contributed by atoms with E-state index in [1.165, 1.54) is 23.1 Å². The first-order valence-electron chi connectivity index (χ1n) is 8.32. The van der Waals surface area contributed by atoms with Gasteiger partial charge in [-0.25, -0.2) is 8.42 Å². The second-order valence-corrected chi connectivity index (χ2v) is 7.66. The van der Waals surface area contributed by atoms with E-state index in [2.05, 4.69) is 10.6 Å². The maximum Gasteiger partial charge on any atom is 0.253 e. The van der Waals surface area contributed by atoms with E-state index in [-0.39, 0.29) is 22.9 Å². The van der Waals surface area contributed by atoms with Crippen molar-refractivity contribution in [2.24, 2.45) is 0 Å².